The third-order valence-electron chi connectivity index (χ3n) is 6.19. The second-order valence-corrected chi connectivity index (χ2v) is 9.98. The zero-order chi connectivity index (χ0) is 29.5. The molecule has 1 unspecified atom stereocenters. The summed E-state index contributed by atoms with van der Waals surface area (Å²) in [5.74, 6) is -1.50. The molecule has 226 valence electrons. The lowest BCUT2D eigenvalue weighted by Gasteiger charge is -2.14. The molecule has 0 bridgehead atoms. The molecule has 0 aliphatic rings. The second kappa shape index (κ2) is 29.1. The summed E-state index contributed by atoms with van der Waals surface area (Å²) in [7, 11) is 0. The summed E-state index contributed by atoms with van der Waals surface area (Å²) in [4.78, 5) is 34.7. The fourth-order valence-electron chi connectivity index (χ4n) is 3.93. The van der Waals surface area contributed by atoms with E-state index in [0.29, 0.717) is 25.7 Å². The van der Waals surface area contributed by atoms with Gasteiger partial charge < -0.3 is 15.2 Å². The van der Waals surface area contributed by atoms with E-state index in [0.717, 1.165) is 51.4 Å². The third-order valence-corrected chi connectivity index (χ3v) is 6.19. The number of unbranched alkanes of at least 4 members (excludes halogenated alkanes) is 7. The van der Waals surface area contributed by atoms with Gasteiger partial charge in [0.2, 0.25) is 5.91 Å². The summed E-state index contributed by atoms with van der Waals surface area (Å²) < 4.78 is 5.75. The van der Waals surface area contributed by atoms with Gasteiger partial charge in [-0.05, 0) is 63.9 Å². The Morgan fingerprint density at radius 2 is 1.20 bits per heavy atom. The molecule has 0 heterocycles. The highest BCUT2D eigenvalue weighted by molar-refractivity contribution is 5.80. The molecule has 0 fully saturated rings. The van der Waals surface area contributed by atoms with Gasteiger partial charge in [0.1, 0.15) is 12.6 Å². The van der Waals surface area contributed by atoms with Gasteiger partial charge in [-0.15, -0.1) is 0 Å². The molecule has 0 aromatic rings. The first-order valence-electron chi connectivity index (χ1n) is 15.4. The van der Waals surface area contributed by atoms with Gasteiger partial charge >= 0.3 is 11.9 Å². The molecule has 2 N–H and O–H groups in total. The topological polar surface area (TPSA) is 92.7 Å². The van der Waals surface area contributed by atoms with E-state index in [1.54, 1.807) is 0 Å². The summed E-state index contributed by atoms with van der Waals surface area (Å²) in [6.45, 7) is 3.98. The second-order valence-electron chi connectivity index (χ2n) is 9.98. The lowest BCUT2D eigenvalue weighted by Crippen LogP contribution is -2.28. The van der Waals surface area contributed by atoms with Crippen LogP contribution in [0.3, 0.4) is 0 Å². The number of esters is 1. The molecule has 6 nitrogen and oxygen atoms in total. The molecule has 0 aromatic carbocycles. The first-order chi connectivity index (χ1) is 19.5. The molecule has 40 heavy (non-hydrogen) atoms. The quantitative estimate of drug-likeness (QED) is 0.0631. The summed E-state index contributed by atoms with van der Waals surface area (Å²) in [5, 5.41) is 11.0. The maximum Gasteiger partial charge on any atom is 0.322 e. The molecule has 0 saturated heterocycles. The van der Waals surface area contributed by atoms with Crippen LogP contribution in [0.5, 0.6) is 0 Å². The van der Waals surface area contributed by atoms with Gasteiger partial charge in [0.25, 0.3) is 0 Å². The number of carboxylic acid groups (broad SMARTS) is 1. The Morgan fingerprint density at radius 3 is 1.77 bits per heavy atom. The van der Waals surface area contributed by atoms with Gasteiger partial charge in [0, 0.05) is 12.8 Å². The van der Waals surface area contributed by atoms with Crippen molar-refractivity contribution in [2.45, 2.75) is 129 Å². The Labute approximate surface area is 243 Å². The summed E-state index contributed by atoms with van der Waals surface area (Å²) in [5.41, 5.74) is 0. The van der Waals surface area contributed by atoms with Crippen molar-refractivity contribution in [3.05, 3.63) is 60.8 Å². The molecule has 0 aliphatic carbocycles. The Balaban J connectivity index is 4.46. The van der Waals surface area contributed by atoms with E-state index < -0.39 is 5.97 Å². The molecule has 0 spiro atoms. The van der Waals surface area contributed by atoms with Crippen LogP contribution in [0.1, 0.15) is 123 Å². The highest BCUT2D eigenvalue weighted by Gasteiger charge is 2.12. The number of hydrogen-bond acceptors (Lipinski definition) is 4. The molecule has 1 amide bonds. The van der Waals surface area contributed by atoms with Gasteiger partial charge in [0.05, 0.1) is 0 Å². The van der Waals surface area contributed by atoms with Crippen molar-refractivity contribution in [3.8, 4) is 0 Å². The van der Waals surface area contributed by atoms with E-state index in [9.17, 15) is 14.4 Å². The number of hydrogen-bond donors (Lipinski definition) is 2. The van der Waals surface area contributed by atoms with Crippen molar-refractivity contribution >= 4 is 17.8 Å². The molecule has 0 aliphatic heterocycles. The Hall–Kier alpha value is -2.89. The van der Waals surface area contributed by atoms with Gasteiger partial charge in [-0.25, -0.2) is 0 Å². The number of allylic oxidation sites excluding steroid dienone is 9. The number of rotatable bonds is 26. The first-order valence-corrected chi connectivity index (χ1v) is 15.4. The fourth-order valence-corrected chi connectivity index (χ4v) is 3.93. The maximum atomic E-state index is 12.4. The van der Waals surface area contributed by atoms with Crippen LogP contribution in [-0.4, -0.2) is 35.6 Å². The summed E-state index contributed by atoms with van der Waals surface area (Å²) >= 11 is 0. The normalized spacial score (nSPS) is 12.8. The number of ether oxygens (including phenoxy) is 1. The van der Waals surface area contributed by atoms with E-state index in [2.05, 4.69) is 67.8 Å². The number of carboxylic acids is 1. The lowest BCUT2D eigenvalue weighted by atomic mass is 10.1. The van der Waals surface area contributed by atoms with E-state index >= 15 is 0 Å². The summed E-state index contributed by atoms with van der Waals surface area (Å²) in [6.07, 6.45) is 36.4. The van der Waals surface area contributed by atoms with Crippen LogP contribution >= 0.6 is 0 Å². The van der Waals surface area contributed by atoms with Crippen LogP contribution in [0.25, 0.3) is 0 Å². The number of amides is 1. The van der Waals surface area contributed by atoms with Crippen LogP contribution in [0.2, 0.25) is 0 Å². The van der Waals surface area contributed by atoms with Crippen LogP contribution in [0, 0.1) is 0 Å². The molecule has 0 aromatic heterocycles. The number of carbonyl (C=O) groups is 3. The number of carbonyl (C=O) groups excluding carboxylic acids is 2. The highest BCUT2D eigenvalue weighted by atomic mass is 16.5. The molecule has 0 saturated carbocycles. The first kappa shape index (κ1) is 37.1. The maximum absolute atomic E-state index is 12.4. The molecule has 6 heteroatoms. The highest BCUT2D eigenvalue weighted by Crippen LogP contribution is 2.13. The Morgan fingerprint density at radius 1 is 0.675 bits per heavy atom. The molecule has 0 radical (unpaired) electrons. The zero-order valence-corrected chi connectivity index (χ0v) is 25.2. The number of aliphatic carboxylic acids is 1. The molecular formula is C34H55NO5. The van der Waals surface area contributed by atoms with Crippen LogP contribution in [-0.2, 0) is 19.1 Å². The van der Waals surface area contributed by atoms with Gasteiger partial charge in [0.15, 0.2) is 0 Å². The lowest BCUT2D eigenvalue weighted by molar-refractivity contribution is -0.147. The average molecular weight is 558 g/mol. The Bertz CT molecular complexity index is 794. The molecule has 0 rings (SSSR count). The minimum atomic E-state index is -1.06. The third kappa shape index (κ3) is 28.1. The van der Waals surface area contributed by atoms with Crippen LogP contribution < -0.4 is 5.32 Å². The smallest absolute Gasteiger partial charge is 0.322 e. The van der Waals surface area contributed by atoms with Gasteiger partial charge in [-0.1, -0.05) is 107 Å². The van der Waals surface area contributed by atoms with Crippen molar-refractivity contribution in [1.82, 2.24) is 5.32 Å². The van der Waals surface area contributed by atoms with E-state index in [1.807, 2.05) is 12.2 Å². The number of nitrogens with one attached hydrogen (secondary N) is 1. The predicted octanol–water partition coefficient (Wildman–Crippen LogP) is 8.55. The average Bonchev–Trinajstić information content (AvgIpc) is 2.93. The van der Waals surface area contributed by atoms with Crippen molar-refractivity contribution in [2.75, 3.05) is 6.54 Å². The van der Waals surface area contributed by atoms with Gasteiger partial charge in [-0.2, -0.15) is 0 Å². The van der Waals surface area contributed by atoms with E-state index in [-0.39, 0.29) is 30.9 Å². The van der Waals surface area contributed by atoms with E-state index in [4.69, 9.17) is 9.84 Å². The predicted molar refractivity (Wildman–Crippen MR) is 166 cm³/mol. The monoisotopic (exact) mass is 557 g/mol. The SMILES string of the molecule is CC/C=C\C/C=C\C/C=C\C/C=C\C/C=C\C(CCCCC(=O)NCC(=O)O)OC(=O)CCCCCCCCC. The van der Waals surface area contributed by atoms with Crippen molar-refractivity contribution in [2.24, 2.45) is 0 Å². The minimum absolute atomic E-state index is 0.168. The van der Waals surface area contributed by atoms with Crippen molar-refractivity contribution < 1.29 is 24.2 Å². The molecular weight excluding hydrogens is 502 g/mol. The zero-order valence-electron chi connectivity index (χ0n) is 25.2. The fraction of sp³-hybridized carbons (Fsp3) is 0.618. The molecule has 1 atom stereocenters. The standard InChI is InChI=1S/C34H55NO5/c1-3-5-7-9-11-12-13-14-15-16-17-19-20-22-26-31(27-24-25-28-32(36)35-30-33(37)38)40-34(39)29-23-21-18-10-8-6-4-2/h5,7,11-12,14-15,17,19,22,26,31H,3-4,6,8-10,13,16,18,20-21,23-25,27-30H2,1-2H3,(H,35,36)(H,37,38)/b7-5-,12-11-,15-14-,19-17-,26-22-. The van der Waals surface area contributed by atoms with Crippen LogP contribution in [0.4, 0.5) is 0 Å². The largest absolute Gasteiger partial charge is 0.480 e. The van der Waals surface area contributed by atoms with Crippen molar-refractivity contribution in [1.29, 1.82) is 0 Å². The minimum Gasteiger partial charge on any atom is -0.480 e. The summed E-state index contributed by atoms with van der Waals surface area (Å²) in [6, 6.07) is 0. The van der Waals surface area contributed by atoms with E-state index in [1.165, 1.54) is 25.7 Å². The Kier molecular flexibility index (Phi) is 27.0. The van der Waals surface area contributed by atoms with Crippen LogP contribution in [0.15, 0.2) is 60.8 Å². The van der Waals surface area contributed by atoms with Gasteiger partial charge in [-0.3, -0.25) is 14.4 Å². The van der Waals surface area contributed by atoms with Crippen molar-refractivity contribution in [3.63, 3.8) is 0 Å².